The highest BCUT2D eigenvalue weighted by Crippen LogP contribution is 2.26. The standard InChI is InChI=1S/C11H15IN4O2/c12-5-1-2-8-3-4-9-11(16(8)17)15-7-13-14-10(15)6-18-9/h7-8,16H,1-6H2. The van der Waals surface area contributed by atoms with E-state index in [1.807, 2.05) is 0 Å². The lowest BCUT2D eigenvalue weighted by atomic mass is 10.0. The van der Waals surface area contributed by atoms with E-state index >= 15 is 0 Å². The van der Waals surface area contributed by atoms with Crippen molar-refractivity contribution < 1.29 is 9.80 Å². The smallest absolute Gasteiger partial charge is 0.252 e. The molecule has 0 bridgehead atoms. The second kappa shape index (κ2) is 5.14. The van der Waals surface area contributed by atoms with Crippen LogP contribution in [0.15, 0.2) is 12.1 Å². The number of aromatic nitrogens is 3. The van der Waals surface area contributed by atoms with Crippen molar-refractivity contribution in [1.29, 1.82) is 0 Å². The number of allylic oxidation sites excluding steroid dienone is 1. The fraction of sp³-hybridized carbons (Fsp3) is 0.636. The minimum absolute atomic E-state index is 0.135. The van der Waals surface area contributed by atoms with Crippen molar-refractivity contribution in [3.8, 4) is 0 Å². The van der Waals surface area contributed by atoms with Crippen LogP contribution in [-0.4, -0.2) is 25.2 Å². The molecular weight excluding hydrogens is 347 g/mol. The lowest BCUT2D eigenvalue weighted by molar-refractivity contribution is -0.809. The molecule has 3 rings (SSSR count). The van der Waals surface area contributed by atoms with E-state index in [9.17, 15) is 5.21 Å². The molecule has 0 amide bonds. The Morgan fingerprint density at radius 1 is 1.61 bits per heavy atom. The summed E-state index contributed by atoms with van der Waals surface area (Å²) in [6, 6.07) is 0.135. The first-order valence-corrected chi connectivity index (χ1v) is 7.69. The zero-order valence-electron chi connectivity index (χ0n) is 9.93. The van der Waals surface area contributed by atoms with Crippen LogP contribution in [0.25, 0.3) is 5.82 Å². The van der Waals surface area contributed by atoms with E-state index in [0.717, 1.165) is 41.7 Å². The molecule has 0 saturated carbocycles. The minimum atomic E-state index is 0.135. The van der Waals surface area contributed by atoms with E-state index in [0.29, 0.717) is 12.4 Å². The predicted octanol–water partition coefficient (Wildman–Crippen LogP) is 0.695. The summed E-state index contributed by atoms with van der Waals surface area (Å²) in [6.45, 7) is 0.421. The van der Waals surface area contributed by atoms with Crippen molar-refractivity contribution in [3.05, 3.63) is 23.1 Å². The summed E-state index contributed by atoms with van der Waals surface area (Å²) in [4.78, 5) is 0. The first-order valence-electron chi connectivity index (χ1n) is 6.16. The molecule has 0 saturated heterocycles. The van der Waals surface area contributed by atoms with Gasteiger partial charge in [-0.15, -0.1) is 10.2 Å². The molecule has 7 heteroatoms. The van der Waals surface area contributed by atoms with Gasteiger partial charge in [-0.3, -0.25) is 0 Å². The second-order valence-corrected chi connectivity index (χ2v) is 5.69. The molecule has 0 aliphatic carbocycles. The lowest BCUT2D eigenvalue weighted by Crippen LogP contribution is -3.10. The van der Waals surface area contributed by atoms with Gasteiger partial charge in [0.05, 0.1) is 6.04 Å². The molecule has 18 heavy (non-hydrogen) atoms. The summed E-state index contributed by atoms with van der Waals surface area (Å²) >= 11 is 2.35. The highest BCUT2D eigenvalue weighted by atomic mass is 127. The first-order chi connectivity index (χ1) is 8.81. The number of nitrogens with one attached hydrogen (secondary N) is 1. The van der Waals surface area contributed by atoms with Crippen LogP contribution in [0, 0.1) is 5.21 Å². The number of alkyl halides is 1. The number of fused-ring (bicyclic) bond motifs is 2. The van der Waals surface area contributed by atoms with Crippen LogP contribution in [0.4, 0.5) is 0 Å². The van der Waals surface area contributed by atoms with Crippen LogP contribution in [0.2, 0.25) is 0 Å². The van der Waals surface area contributed by atoms with Gasteiger partial charge in [-0.2, -0.15) is 0 Å². The number of nitrogens with zero attached hydrogens (tertiary/aromatic N) is 3. The van der Waals surface area contributed by atoms with Crippen molar-refractivity contribution >= 4 is 28.4 Å². The molecule has 0 fully saturated rings. The first kappa shape index (κ1) is 12.4. The van der Waals surface area contributed by atoms with Crippen LogP contribution in [0.1, 0.15) is 31.5 Å². The van der Waals surface area contributed by atoms with E-state index in [4.69, 9.17) is 4.74 Å². The number of rotatable bonds is 3. The van der Waals surface area contributed by atoms with Gasteiger partial charge in [0.1, 0.15) is 12.9 Å². The molecule has 1 aromatic rings. The number of hydroxylamine groups is 2. The summed E-state index contributed by atoms with van der Waals surface area (Å²) in [5, 5.41) is 20.5. The second-order valence-electron chi connectivity index (χ2n) is 4.61. The van der Waals surface area contributed by atoms with Crippen LogP contribution in [0.3, 0.4) is 0 Å². The monoisotopic (exact) mass is 362 g/mol. The maximum Gasteiger partial charge on any atom is 0.252 e. The average Bonchev–Trinajstić information content (AvgIpc) is 2.86. The molecule has 2 unspecified atom stereocenters. The molecule has 2 aliphatic heterocycles. The fourth-order valence-electron chi connectivity index (χ4n) is 2.57. The molecule has 2 aliphatic rings. The Labute approximate surface area is 119 Å². The van der Waals surface area contributed by atoms with Gasteiger partial charge in [0.25, 0.3) is 5.82 Å². The van der Waals surface area contributed by atoms with Gasteiger partial charge in [-0.05, 0) is 10.8 Å². The Morgan fingerprint density at radius 3 is 3.33 bits per heavy atom. The van der Waals surface area contributed by atoms with Crippen LogP contribution in [-0.2, 0) is 11.3 Å². The SMILES string of the molecule is [O-][NH+]1C2=C(CCC1CCCI)OCc1nncn12. The van der Waals surface area contributed by atoms with Crippen LogP contribution in [0.5, 0.6) is 0 Å². The number of halogens is 1. The average molecular weight is 362 g/mol. The van der Waals surface area contributed by atoms with Crippen molar-refractivity contribution in [2.45, 2.75) is 38.3 Å². The van der Waals surface area contributed by atoms with Gasteiger partial charge in [0.15, 0.2) is 11.6 Å². The summed E-state index contributed by atoms with van der Waals surface area (Å²) in [7, 11) is 0. The largest absolute Gasteiger partial charge is 0.627 e. The van der Waals surface area contributed by atoms with E-state index in [1.54, 1.807) is 10.9 Å². The quantitative estimate of drug-likeness (QED) is 0.488. The van der Waals surface area contributed by atoms with Gasteiger partial charge in [0.2, 0.25) is 0 Å². The van der Waals surface area contributed by atoms with Crippen molar-refractivity contribution in [3.63, 3.8) is 0 Å². The normalized spacial score (nSPS) is 26.6. The molecule has 6 nitrogen and oxygen atoms in total. The van der Waals surface area contributed by atoms with Crippen molar-refractivity contribution in [1.82, 2.24) is 14.8 Å². The van der Waals surface area contributed by atoms with Gasteiger partial charge < -0.3 is 15.0 Å². The van der Waals surface area contributed by atoms with Gasteiger partial charge in [0, 0.05) is 19.3 Å². The number of ether oxygens (including phenoxy) is 1. The summed E-state index contributed by atoms with van der Waals surface area (Å²) in [6.07, 6.45) is 5.44. The summed E-state index contributed by atoms with van der Waals surface area (Å²) in [5.41, 5.74) is 0. The molecule has 1 N–H and O–H groups in total. The molecule has 3 heterocycles. The molecule has 0 spiro atoms. The molecule has 98 valence electrons. The van der Waals surface area contributed by atoms with Crippen LogP contribution >= 0.6 is 22.6 Å². The molecule has 0 aromatic carbocycles. The van der Waals surface area contributed by atoms with E-state index in [-0.39, 0.29) is 11.1 Å². The lowest BCUT2D eigenvalue weighted by Gasteiger charge is -2.39. The third-order valence-corrected chi connectivity index (χ3v) is 4.27. The van der Waals surface area contributed by atoms with Crippen molar-refractivity contribution in [2.75, 3.05) is 4.43 Å². The topological polar surface area (TPSA) is 67.4 Å². The Bertz CT molecular complexity index is 473. The third-order valence-electron chi connectivity index (χ3n) is 3.51. The highest BCUT2D eigenvalue weighted by molar-refractivity contribution is 14.1. The highest BCUT2D eigenvalue weighted by Gasteiger charge is 2.34. The third kappa shape index (κ3) is 2.04. The Hall–Kier alpha value is -0.670. The number of hydrogen-bond acceptors (Lipinski definition) is 4. The fourth-order valence-corrected chi connectivity index (χ4v) is 3.01. The van der Waals surface area contributed by atoms with Gasteiger partial charge >= 0.3 is 0 Å². The zero-order valence-corrected chi connectivity index (χ0v) is 12.1. The van der Waals surface area contributed by atoms with Crippen molar-refractivity contribution in [2.24, 2.45) is 0 Å². The molecule has 2 atom stereocenters. The molecular formula is C11H15IN4O2. The minimum Gasteiger partial charge on any atom is -0.627 e. The Balaban J connectivity index is 1.88. The van der Waals surface area contributed by atoms with Gasteiger partial charge in [-0.25, -0.2) is 4.57 Å². The summed E-state index contributed by atoms with van der Waals surface area (Å²) in [5.74, 6) is 2.21. The molecule has 1 aromatic heterocycles. The van der Waals surface area contributed by atoms with Gasteiger partial charge in [-0.1, -0.05) is 22.6 Å². The van der Waals surface area contributed by atoms with E-state index in [1.165, 1.54) is 0 Å². The van der Waals surface area contributed by atoms with Crippen LogP contribution < -0.4 is 5.06 Å². The Kier molecular flexibility index (Phi) is 3.53. The maximum absolute atomic E-state index is 12.5. The molecule has 0 radical (unpaired) electrons. The zero-order chi connectivity index (χ0) is 12.5. The van der Waals surface area contributed by atoms with E-state index in [2.05, 4.69) is 32.8 Å². The Morgan fingerprint density at radius 2 is 2.50 bits per heavy atom. The summed E-state index contributed by atoms with van der Waals surface area (Å²) < 4.78 is 8.53. The maximum atomic E-state index is 12.5. The number of hydrogen-bond donors (Lipinski definition) is 1. The predicted molar refractivity (Wildman–Crippen MR) is 73.5 cm³/mol. The van der Waals surface area contributed by atoms with E-state index < -0.39 is 0 Å². The number of quaternary nitrogens is 1.